The summed E-state index contributed by atoms with van der Waals surface area (Å²) in [4.78, 5) is 12.0. The number of hydrogen-bond donors (Lipinski definition) is 0. The molecule has 0 saturated heterocycles. The number of allylic oxidation sites excluding steroid dienone is 2. The zero-order chi connectivity index (χ0) is 19.8. The third-order valence-corrected chi connectivity index (χ3v) is 4.06. The molecular weight excluding hydrogens is 357 g/mol. The van der Waals surface area contributed by atoms with E-state index in [-0.39, 0.29) is 0 Å². The molecule has 0 radical (unpaired) electrons. The minimum absolute atomic E-state index is 0.429. The second kappa shape index (κ2) is 6.73. The highest BCUT2D eigenvalue weighted by Gasteiger charge is 2.62. The van der Waals surface area contributed by atoms with Crippen molar-refractivity contribution in [3.05, 3.63) is 23.8 Å². The van der Waals surface area contributed by atoms with E-state index in [4.69, 9.17) is 11.2 Å². The van der Waals surface area contributed by atoms with Crippen molar-refractivity contribution in [1.82, 2.24) is 0 Å². The summed E-state index contributed by atoms with van der Waals surface area (Å²) in [7, 11) is 0. The first-order chi connectivity index (χ1) is 11.1. The van der Waals surface area contributed by atoms with E-state index >= 15 is 0 Å². The fourth-order valence-corrected chi connectivity index (χ4v) is 2.47. The molecule has 1 saturated carbocycles. The fraction of sp³-hybridized carbons (Fsp3) is 0.562. The number of esters is 1. The van der Waals surface area contributed by atoms with Crippen LogP contribution in [0.5, 0.6) is 0 Å². The van der Waals surface area contributed by atoms with Crippen molar-refractivity contribution in [2.45, 2.75) is 39.0 Å². The van der Waals surface area contributed by atoms with E-state index in [0.717, 1.165) is 6.92 Å². The van der Waals surface area contributed by atoms with Crippen LogP contribution < -0.4 is 0 Å². The van der Waals surface area contributed by atoms with Crippen molar-refractivity contribution in [3.63, 3.8) is 0 Å². The molecular formula is C16H15F7O2. The van der Waals surface area contributed by atoms with E-state index in [2.05, 4.69) is 0 Å². The first-order valence-corrected chi connectivity index (χ1v) is 6.98. The lowest BCUT2D eigenvalue weighted by Crippen LogP contribution is -2.35. The van der Waals surface area contributed by atoms with Gasteiger partial charge in [0.15, 0.2) is 6.10 Å². The summed E-state index contributed by atoms with van der Waals surface area (Å²) in [5, 5.41) is 0. The molecule has 0 bridgehead atoms. The molecule has 1 rings (SSSR count). The molecule has 0 aromatic heterocycles. The van der Waals surface area contributed by atoms with Gasteiger partial charge in [-0.25, -0.2) is 0 Å². The average Bonchev–Trinajstić information content (AvgIpc) is 2.94. The van der Waals surface area contributed by atoms with E-state index in [1.165, 1.54) is 13.8 Å². The van der Waals surface area contributed by atoms with Gasteiger partial charge < -0.3 is 4.74 Å². The van der Waals surface area contributed by atoms with Gasteiger partial charge in [-0.05, 0) is 30.1 Å². The average molecular weight is 372 g/mol. The second-order valence-corrected chi connectivity index (χ2v) is 6.27. The summed E-state index contributed by atoms with van der Waals surface area (Å²) in [6.45, 7) is 3.87. The van der Waals surface area contributed by atoms with Crippen LogP contribution in [0, 0.1) is 29.6 Å². The molecule has 0 aliphatic heterocycles. The molecule has 0 N–H and O–H groups in total. The Morgan fingerprint density at radius 1 is 1.24 bits per heavy atom. The van der Waals surface area contributed by atoms with Gasteiger partial charge in [0, 0.05) is 5.92 Å². The van der Waals surface area contributed by atoms with E-state index in [0.29, 0.717) is 6.08 Å². The predicted octanol–water partition coefficient (Wildman–Crippen LogP) is 4.73. The summed E-state index contributed by atoms with van der Waals surface area (Å²) < 4.78 is 92.1. The van der Waals surface area contributed by atoms with Crippen LogP contribution in [0.1, 0.15) is 20.8 Å². The number of ether oxygens (including phenoxy) is 1. The number of rotatable bonds is 5. The Labute approximate surface area is 139 Å². The minimum Gasteiger partial charge on any atom is -0.444 e. The fourth-order valence-electron chi connectivity index (χ4n) is 2.47. The maximum atomic E-state index is 13.0. The van der Waals surface area contributed by atoms with E-state index in [1.54, 1.807) is 5.92 Å². The summed E-state index contributed by atoms with van der Waals surface area (Å²) in [6.07, 6.45) is -4.43. The van der Waals surface area contributed by atoms with Crippen molar-refractivity contribution in [2.24, 2.45) is 17.3 Å². The van der Waals surface area contributed by atoms with Crippen LogP contribution in [0.4, 0.5) is 30.7 Å². The third kappa shape index (κ3) is 4.55. The molecule has 140 valence electrons. The summed E-state index contributed by atoms with van der Waals surface area (Å²) in [6, 6.07) is 0. The largest absolute Gasteiger partial charge is 0.457 e. The molecule has 0 spiro atoms. The molecule has 1 aliphatic carbocycles. The number of halogens is 7. The highest BCUT2D eigenvalue weighted by molar-refractivity contribution is 5.79. The molecule has 0 aromatic rings. The van der Waals surface area contributed by atoms with Crippen molar-refractivity contribution >= 4 is 5.97 Å². The van der Waals surface area contributed by atoms with Crippen LogP contribution in [0.15, 0.2) is 23.8 Å². The maximum absolute atomic E-state index is 13.0. The number of carbonyl (C=O) groups excluding carboxylic acids is 1. The van der Waals surface area contributed by atoms with Gasteiger partial charge in [0.1, 0.15) is 0 Å². The highest BCUT2D eigenvalue weighted by atomic mass is 19.4. The Bertz CT molecular complexity index is 634. The quantitative estimate of drug-likeness (QED) is 0.302. The first kappa shape index (κ1) is 21.1. The molecule has 2 nitrogen and oxygen atoms in total. The van der Waals surface area contributed by atoms with Crippen LogP contribution in [-0.4, -0.2) is 24.2 Å². The van der Waals surface area contributed by atoms with Crippen molar-refractivity contribution in [2.75, 3.05) is 0 Å². The number of terminal acetylenes is 1. The highest BCUT2D eigenvalue weighted by Crippen LogP contribution is 2.60. The smallest absolute Gasteiger partial charge is 0.444 e. The normalized spacial score (nSPS) is 24.1. The molecule has 0 heterocycles. The SMILES string of the molecule is C#CC(OC(=O)C1C(C=C(F)F)C1(C)C)/C(C)=C/C(F)(F)C(F)(F)F. The molecule has 1 aliphatic rings. The van der Waals surface area contributed by atoms with Crippen LogP contribution >= 0.6 is 0 Å². The van der Waals surface area contributed by atoms with Gasteiger partial charge in [0.2, 0.25) is 0 Å². The zero-order valence-electron chi connectivity index (χ0n) is 13.4. The Kier molecular flexibility index (Phi) is 5.67. The van der Waals surface area contributed by atoms with Gasteiger partial charge in [0.25, 0.3) is 6.08 Å². The Morgan fingerprint density at radius 3 is 2.16 bits per heavy atom. The van der Waals surface area contributed by atoms with E-state index in [1.807, 2.05) is 0 Å². The maximum Gasteiger partial charge on any atom is 0.457 e. The van der Waals surface area contributed by atoms with Crippen molar-refractivity contribution < 1.29 is 40.3 Å². The van der Waals surface area contributed by atoms with E-state index in [9.17, 15) is 35.5 Å². The summed E-state index contributed by atoms with van der Waals surface area (Å²) >= 11 is 0. The Morgan fingerprint density at radius 2 is 1.76 bits per heavy atom. The third-order valence-electron chi connectivity index (χ3n) is 4.06. The van der Waals surface area contributed by atoms with Gasteiger partial charge in [-0.2, -0.15) is 30.7 Å². The first-order valence-electron chi connectivity index (χ1n) is 6.98. The second-order valence-electron chi connectivity index (χ2n) is 6.27. The zero-order valence-corrected chi connectivity index (χ0v) is 13.4. The monoisotopic (exact) mass is 372 g/mol. The summed E-state index contributed by atoms with van der Waals surface area (Å²) in [5.41, 5.74) is -1.56. The number of carbonyl (C=O) groups is 1. The lowest BCUT2D eigenvalue weighted by molar-refractivity contribution is -0.259. The van der Waals surface area contributed by atoms with Gasteiger partial charge in [-0.3, -0.25) is 4.79 Å². The minimum atomic E-state index is -5.83. The van der Waals surface area contributed by atoms with Gasteiger partial charge in [-0.15, -0.1) is 6.42 Å². The lowest BCUT2D eigenvalue weighted by Gasteiger charge is -2.19. The Hall–Kier alpha value is -1.98. The van der Waals surface area contributed by atoms with E-state index < -0.39 is 59.2 Å². The molecule has 3 unspecified atom stereocenters. The van der Waals surface area contributed by atoms with Gasteiger partial charge in [-0.1, -0.05) is 19.8 Å². The van der Waals surface area contributed by atoms with Gasteiger partial charge >= 0.3 is 18.1 Å². The Balaban J connectivity index is 2.92. The predicted molar refractivity (Wildman–Crippen MR) is 74.5 cm³/mol. The molecule has 9 heteroatoms. The number of hydrogen-bond acceptors (Lipinski definition) is 2. The van der Waals surface area contributed by atoms with Crippen LogP contribution in [-0.2, 0) is 9.53 Å². The van der Waals surface area contributed by atoms with Crippen molar-refractivity contribution in [3.8, 4) is 12.3 Å². The van der Waals surface area contributed by atoms with Gasteiger partial charge in [0.05, 0.1) is 5.92 Å². The number of alkyl halides is 5. The molecule has 25 heavy (non-hydrogen) atoms. The van der Waals surface area contributed by atoms with Crippen LogP contribution in [0.25, 0.3) is 0 Å². The molecule has 0 amide bonds. The standard InChI is InChI=1S/C16H15F7O2/c1-5-10(8(2)7-15(19,20)16(21,22)23)25-13(24)12-9(6-11(17)18)14(12,3)4/h1,6-7,9-10,12H,2-4H3/b8-7+. The topological polar surface area (TPSA) is 26.3 Å². The molecule has 0 aromatic carbocycles. The molecule has 3 atom stereocenters. The van der Waals surface area contributed by atoms with Crippen LogP contribution in [0.2, 0.25) is 0 Å². The van der Waals surface area contributed by atoms with Crippen LogP contribution in [0.3, 0.4) is 0 Å². The van der Waals surface area contributed by atoms with Crippen molar-refractivity contribution in [1.29, 1.82) is 0 Å². The summed E-state index contributed by atoms with van der Waals surface area (Å²) in [5.74, 6) is -6.24. The lowest BCUT2D eigenvalue weighted by atomic mass is 10.1. The molecule has 1 fully saturated rings.